The number of alkyl halides is 4. The molecule has 2 aliphatic heterocycles. The highest BCUT2D eigenvalue weighted by Crippen LogP contribution is 2.40. The molecule has 3 aromatic rings. The Kier molecular flexibility index (Phi) is 10.1. The summed E-state index contributed by atoms with van der Waals surface area (Å²) in [7, 11) is 0. The van der Waals surface area contributed by atoms with E-state index in [0.29, 0.717) is 22.1 Å². The zero-order valence-electron chi connectivity index (χ0n) is 26.0. The number of hydrazone groups is 1. The summed E-state index contributed by atoms with van der Waals surface area (Å²) in [5.41, 5.74) is 2.80. The van der Waals surface area contributed by atoms with Gasteiger partial charge in [-0.1, -0.05) is 53.8 Å². The number of nitrogens with zero attached hydrogens (tertiary/aromatic N) is 5. The summed E-state index contributed by atoms with van der Waals surface area (Å²) in [5, 5.41) is 20.2. The number of aromatic nitrogens is 2. The maximum Gasteiger partial charge on any atom is 0.282 e. The van der Waals surface area contributed by atoms with Crippen molar-refractivity contribution >= 4 is 56.5 Å². The second-order valence-corrected chi connectivity index (χ2v) is 14.5. The Morgan fingerprint density at radius 2 is 1.52 bits per heavy atom. The van der Waals surface area contributed by atoms with Crippen LogP contribution in [-0.4, -0.2) is 71.0 Å². The Balaban J connectivity index is 0.949. The van der Waals surface area contributed by atoms with Crippen LogP contribution in [0.3, 0.4) is 0 Å². The van der Waals surface area contributed by atoms with E-state index in [9.17, 15) is 27.2 Å². The molecule has 0 radical (unpaired) electrons. The van der Waals surface area contributed by atoms with Crippen LogP contribution in [0.15, 0.2) is 53.6 Å². The van der Waals surface area contributed by atoms with Gasteiger partial charge in [0.2, 0.25) is 16.9 Å². The second kappa shape index (κ2) is 14.3. The maximum absolute atomic E-state index is 13.3. The normalized spacial score (nSPS) is 21.6. The Bertz CT molecular complexity index is 1660. The largest absolute Gasteiger partial charge is 0.359 e. The topological polar surface area (TPSA) is 129 Å². The van der Waals surface area contributed by atoms with E-state index in [4.69, 9.17) is 5.84 Å². The molecule has 3 heterocycles. The van der Waals surface area contributed by atoms with Crippen LogP contribution in [0.2, 0.25) is 0 Å². The number of amides is 2. The Morgan fingerprint density at radius 1 is 0.917 bits per heavy atom. The molecule has 2 aromatic carbocycles. The van der Waals surface area contributed by atoms with Crippen molar-refractivity contribution in [1.82, 2.24) is 15.5 Å². The van der Waals surface area contributed by atoms with Gasteiger partial charge in [0.25, 0.3) is 11.8 Å². The van der Waals surface area contributed by atoms with Crippen molar-refractivity contribution in [2.45, 2.75) is 56.3 Å². The zero-order chi connectivity index (χ0) is 33.9. The van der Waals surface area contributed by atoms with E-state index in [1.165, 1.54) is 23.1 Å². The van der Waals surface area contributed by atoms with Crippen LogP contribution in [0.1, 0.15) is 47.7 Å². The molecule has 0 unspecified atom stereocenters. The van der Waals surface area contributed by atoms with Gasteiger partial charge in [-0.15, -0.1) is 10.2 Å². The third kappa shape index (κ3) is 8.56. The first-order valence-corrected chi connectivity index (χ1v) is 17.5. The summed E-state index contributed by atoms with van der Waals surface area (Å²) in [6, 6.07) is 14.1. The molecule has 3 fully saturated rings. The van der Waals surface area contributed by atoms with Crippen LogP contribution >= 0.6 is 23.1 Å². The van der Waals surface area contributed by atoms with Crippen molar-refractivity contribution in [1.29, 1.82) is 0 Å². The standard InChI is InChI=1S/C32H36F4N8O2S2/c33-31(34)15-43(16-31)24-8-1-4-20(10-24)12-26(45)38-19-47-28(40-37)22-6-3-7-23(14-22)29-41-42-30(48-29)39-27(46)13-21-5-2-9-25(11-21)44-17-32(35,36)18-44/h1-2,4-5,8-11,22-23H,3,6-7,12-19,37H2,(H,38,45)(H,39,42,46)/b40-28-/t22-,23-/m0/s1. The SMILES string of the molecule is N/N=C(\SCNC(=O)Cc1cccc(N2CC(F)(F)C2)c1)[C@H]1CCC[C@H](c2nnc(NC(=O)Cc3cccc(N4CC(F)(F)C4)c3)s2)C1. The van der Waals surface area contributed by atoms with Crippen molar-refractivity contribution in [3.8, 4) is 0 Å². The monoisotopic (exact) mass is 704 g/mol. The van der Waals surface area contributed by atoms with Crippen LogP contribution < -0.4 is 26.3 Å². The number of hydrogen-bond donors (Lipinski definition) is 3. The number of carbonyl (C=O) groups excluding carboxylic acids is 2. The molecule has 2 amide bonds. The Hall–Kier alpha value is -3.92. The van der Waals surface area contributed by atoms with Gasteiger partial charge in [0, 0.05) is 23.2 Å². The van der Waals surface area contributed by atoms with E-state index >= 15 is 0 Å². The molecule has 3 aliphatic rings. The second-order valence-electron chi connectivity index (χ2n) is 12.5. The molecule has 0 spiro atoms. The van der Waals surface area contributed by atoms with Gasteiger partial charge in [-0.2, -0.15) is 5.10 Å². The molecule has 256 valence electrons. The van der Waals surface area contributed by atoms with Crippen LogP contribution in [0.5, 0.6) is 0 Å². The third-order valence-corrected chi connectivity index (χ3v) is 10.7. The maximum atomic E-state index is 13.3. The predicted octanol–water partition coefficient (Wildman–Crippen LogP) is 5.23. The summed E-state index contributed by atoms with van der Waals surface area (Å²) in [6.45, 7) is -1.28. The van der Waals surface area contributed by atoms with E-state index < -0.39 is 11.8 Å². The highest BCUT2D eigenvalue weighted by Gasteiger charge is 2.44. The zero-order valence-corrected chi connectivity index (χ0v) is 27.6. The van der Waals surface area contributed by atoms with Crippen molar-refractivity contribution in [3.63, 3.8) is 0 Å². The fraction of sp³-hybridized carbons (Fsp3) is 0.469. The van der Waals surface area contributed by atoms with Gasteiger partial charge in [0.15, 0.2) is 0 Å². The van der Waals surface area contributed by atoms with Crippen LogP contribution in [0.25, 0.3) is 0 Å². The average Bonchev–Trinajstić information content (AvgIpc) is 3.49. The Labute approximate surface area is 283 Å². The van der Waals surface area contributed by atoms with Gasteiger partial charge >= 0.3 is 0 Å². The van der Waals surface area contributed by atoms with Crippen molar-refractivity contribution < 1.29 is 27.2 Å². The molecule has 1 aliphatic carbocycles. The minimum absolute atomic E-state index is 0.0784. The summed E-state index contributed by atoms with van der Waals surface area (Å²) in [4.78, 5) is 28.5. The number of halogens is 4. The Morgan fingerprint density at radius 3 is 2.10 bits per heavy atom. The number of anilines is 3. The molecular formula is C32H36F4N8O2S2. The van der Waals surface area contributed by atoms with Gasteiger partial charge in [0.05, 0.1) is 49.9 Å². The van der Waals surface area contributed by atoms with Gasteiger partial charge in [0.1, 0.15) is 5.01 Å². The molecule has 48 heavy (non-hydrogen) atoms. The smallest absolute Gasteiger partial charge is 0.282 e. The summed E-state index contributed by atoms with van der Waals surface area (Å²) >= 11 is 2.71. The van der Waals surface area contributed by atoms with Gasteiger partial charge in [-0.25, -0.2) is 17.6 Å². The molecule has 2 saturated heterocycles. The molecule has 16 heteroatoms. The first kappa shape index (κ1) is 34.0. The van der Waals surface area contributed by atoms with E-state index in [2.05, 4.69) is 25.9 Å². The lowest BCUT2D eigenvalue weighted by Crippen LogP contribution is -2.56. The molecule has 6 rings (SSSR count). The van der Waals surface area contributed by atoms with E-state index in [-0.39, 0.29) is 68.5 Å². The van der Waals surface area contributed by atoms with Crippen molar-refractivity contribution in [2.24, 2.45) is 16.9 Å². The molecule has 4 N–H and O–H groups in total. The predicted molar refractivity (Wildman–Crippen MR) is 180 cm³/mol. The lowest BCUT2D eigenvalue weighted by molar-refractivity contribution is -0.120. The number of carbonyl (C=O) groups is 2. The fourth-order valence-corrected chi connectivity index (χ4v) is 8.06. The molecule has 0 bridgehead atoms. The van der Waals surface area contributed by atoms with Gasteiger partial charge < -0.3 is 26.3 Å². The first-order chi connectivity index (χ1) is 22.9. The molecule has 10 nitrogen and oxygen atoms in total. The van der Waals surface area contributed by atoms with E-state index in [1.807, 2.05) is 0 Å². The number of hydrogen-bond acceptors (Lipinski definition) is 10. The first-order valence-electron chi connectivity index (χ1n) is 15.7. The molecular weight excluding hydrogens is 669 g/mol. The number of nitrogens with one attached hydrogen (secondary N) is 2. The minimum Gasteiger partial charge on any atom is -0.359 e. The fourth-order valence-electron chi connectivity index (χ4n) is 6.25. The highest BCUT2D eigenvalue weighted by atomic mass is 32.2. The quantitative estimate of drug-likeness (QED) is 0.0619. The lowest BCUT2D eigenvalue weighted by atomic mass is 9.82. The number of thioether (sulfide) groups is 1. The van der Waals surface area contributed by atoms with Crippen molar-refractivity contribution in [2.75, 3.05) is 47.2 Å². The van der Waals surface area contributed by atoms with E-state index in [0.717, 1.165) is 41.3 Å². The van der Waals surface area contributed by atoms with Crippen LogP contribution in [-0.2, 0) is 22.4 Å². The van der Waals surface area contributed by atoms with Gasteiger partial charge in [-0.05, 0) is 54.7 Å². The number of nitrogens with two attached hydrogens (primary N) is 1. The number of rotatable bonds is 11. The summed E-state index contributed by atoms with van der Waals surface area (Å²) in [5.74, 6) is 0.460. The van der Waals surface area contributed by atoms with Crippen molar-refractivity contribution in [3.05, 3.63) is 64.7 Å². The van der Waals surface area contributed by atoms with Gasteiger partial charge in [-0.3, -0.25) is 9.59 Å². The number of benzene rings is 2. The molecule has 1 aromatic heterocycles. The summed E-state index contributed by atoms with van der Waals surface area (Å²) < 4.78 is 53.1. The minimum atomic E-state index is -2.67. The highest BCUT2D eigenvalue weighted by molar-refractivity contribution is 8.13. The average molecular weight is 705 g/mol. The van der Waals surface area contributed by atoms with Crippen LogP contribution in [0.4, 0.5) is 34.1 Å². The molecule has 1 saturated carbocycles. The van der Waals surface area contributed by atoms with E-state index in [1.54, 1.807) is 58.3 Å². The van der Waals surface area contributed by atoms with Crippen LogP contribution in [0, 0.1) is 5.92 Å². The lowest BCUT2D eigenvalue weighted by Gasteiger charge is -2.40. The molecule has 2 atom stereocenters. The summed E-state index contributed by atoms with van der Waals surface area (Å²) in [6.07, 6.45) is 3.70. The third-order valence-electron chi connectivity index (χ3n) is 8.65.